The Bertz CT molecular complexity index is 1230. The summed E-state index contributed by atoms with van der Waals surface area (Å²) in [6.45, 7) is 11.0. The predicted octanol–water partition coefficient (Wildman–Crippen LogP) is 4.38. The number of ether oxygens (including phenoxy) is 4. The Balaban J connectivity index is 1.61. The molecule has 0 amide bonds. The first kappa shape index (κ1) is 28.5. The Hall–Kier alpha value is -3.00. The van der Waals surface area contributed by atoms with Crippen molar-refractivity contribution < 1.29 is 38.1 Å². The Morgan fingerprint density at radius 1 is 1.05 bits per heavy atom. The number of esters is 3. The van der Waals surface area contributed by atoms with Crippen LogP contribution < -0.4 is 0 Å². The van der Waals surface area contributed by atoms with E-state index in [1.807, 2.05) is 43.3 Å². The molecule has 0 unspecified atom stereocenters. The Morgan fingerprint density at radius 2 is 1.73 bits per heavy atom. The molecular formula is C32H40O8. The van der Waals surface area contributed by atoms with Crippen LogP contribution in [0.4, 0.5) is 0 Å². The Labute approximate surface area is 235 Å². The summed E-state index contributed by atoms with van der Waals surface area (Å²) < 4.78 is 24.2. The predicted molar refractivity (Wildman–Crippen MR) is 145 cm³/mol. The Kier molecular flexibility index (Phi) is 7.22. The zero-order chi connectivity index (χ0) is 29.0. The van der Waals surface area contributed by atoms with Crippen molar-refractivity contribution in [2.24, 2.45) is 29.1 Å². The van der Waals surface area contributed by atoms with E-state index in [9.17, 15) is 19.2 Å². The molecule has 0 bridgehead atoms. The standard InChI is InChI=1S/C32H40O8/c1-18-14-24-23(30(24,5)6)12-13-31(17-37-31)29(38-20(3)33)26-27(39-25(35)15-22-10-8-7-9-11-22)19(2)16-32(26,28(18)36)40-21(4)34/h7-11,14,19,23-24,26-27,29H,12-13,15-17H2,1-6H3/t19-,23-,24+,26+,27-,29-,31+,32+/m0/s1. The van der Waals surface area contributed by atoms with Gasteiger partial charge in [-0.25, -0.2) is 0 Å². The Morgan fingerprint density at radius 3 is 2.33 bits per heavy atom. The first-order chi connectivity index (χ1) is 18.8. The van der Waals surface area contributed by atoms with Crippen LogP contribution in [0.5, 0.6) is 0 Å². The van der Waals surface area contributed by atoms with Gasteiger partial charge in [-0.1, -0.05) is 57.2 Å². The number of rotatable bonds is 5. The molecule has 1 aromatic carbocycles. The lowest BCUT2D eigenvalue weighted by Crippen LogP contribution is -2.58. The molecule has 2 saturated carbocycles. The van der Waals surface area contributed by atoms with Gasteiger partial charge in [-0.3, -0.25) is 19.2 Å². The van der Waals surface area contributed by atoms with E-state index in [1.54, 1.807) is 6.92 Å². The van der Waals surface area contributed by atoms with Crippen molar-refractivity contribution in [3.05, 3.63) is 47.5 Å². The largest absolute Gasteiger partial charge is 0.461 e. The molecule has 5 rings (SSSR count). The van der Waals surface area contributed by atoms with Gasteiger partial charge in [0.25, 0.3) is 0 Å². The lowest BCUT2D eigenvalue weighted by molar-refractivity contribution is -0.190. The van der Waals surface area contributed by atoms with Crippen LogP contribution in [0.15, 0.2) is 42.0 Å². The molecule has 1 aromatic rings. The number of allylic oxidation sites excluding steroid dienone is 1. The zero-order valence-corrected chi connectivity index (χ0v) is 24.2. The van der Waals surface area contributed by atoms with Crippen molar-refractivity contribution in [1.29, 1.82) is 0 Å². The van der Waals surface area contributed by atoms with E-state index in [-0.39, 0.29) is 35.9 Å². The van der Waals surface area contributed by atoms with Gasteiger partial charge in [0.05, 0.1) is 18.9 Å². The van der Waals surface area contributed by atoms with Crippen LogP contribution in [0.2, 0.25) is 0 Å². The van der Waals surface area contributed by atoms with E-state index in [0.717, 1.165) is 12.0 Å². The van der Waals surface area contributed by atoms with Crippen LogP contribution in [-0.4, -0.2) is 53.7 Å². The monoisotopic (exact) mass is 552 g/mol. The lowest BCUT2D eigenvalue weighted by atomic mass is 9.74. The van der Waals surface area contributed by atoms with Crippen LogP contribution in [-0.2, 0) is 44.5 Å². The van der Waals surface area contributed by atoms with Crippen molar-refractivity contribution >= 4 is 23.7 Å². The molecule has 8 heteroatoms. The van der Waals surface area contributed by atoms with Gasteiger partial charge in [0.1, 0.15) is 17.8 Å². The van der Waals surface area contributed by atoms with E-state index in [2.05, 4.69) is 13.8 Å². The minimum atomic E-state index is -1.68. The second-order valence-electron chi connectivity index (χ2n) is 12.9. The van der Waals surface area contributed by atoms with Gasteiger partial charge in [0.15, 0.2) is 5.60 Å². The summed E-state index contributed by atoms with van der Waals surface area (Å²) >= 11 is 0. The van der Waals surface area contributed by atoms with Gasteiger partial charge in [-0.15, -0.1) is 0 Å². The molecule has 0 N–H and O–H groups in total. The van der Waals surface area contributed by atoms with Gasteiger partial charge in [0.2, 0.25) is 5.78 Å². The third-order valence-corrected chi connectivity index (χ3v) is 9.71. The maximum Gasteiger partial charge on any atom is 0.310 e. The normalized spacial score (nSPS) is 37.8. The molecule has 0 aromatic heterocycles. The summed E-state index contributed by atoms with van der Waals surface area (Å²) in [7, 11) is 0. The molecular weight excluding hydrogens is 512 g/mol. The van der Waals surface area contributed by atoms with Gasteiger partial charge >= 0.3 is 17.9 Å². The van der Waals surface area contributed by atoms with Crippen molar-refractivity contribution in [2.45, 2.75) is 90.6 Å². The molecule has 1 saturated heterocycles. The minimum Gasteiger partial charge on any atom is -0.461 e. The van der Waals surface area contributed by atoms with E-state index >= 15 is 0 Å². The van der Waals surface area contributed by atoms with Crippen LogP contribution >= 0.6 is 0 Å². The number of hydrogen-bond donors (Lipinski definition) is 0. The summed E-state index contributed by atoms with van der Waals surface area (Å²) in [6.07, 6.45) is 1.85. The molecule has 8 atom stereocenters. The van der Waals surface area contributed by atoms with E-state index in [0.29, 0.717) is 24.5 Å². The molecule has 3 fully saturated rings. The fourth-order valence-electron chi connectivity index (χ4n) is 7.55. The van der Waals surface area contributed by atoms with Crippen LogP contribution in [0.25, 0.3) is 0 Å². The maximum atomic E-state index is 14.5. The molecule has 4 aliphatic rings. The minimum absolute atomic E-state index is 0.0141. The zero-order valence-electron chi connectivity index (χ0n) is 24.2. The number of fused-ring (bicyclic) bond motifs is 2. The molecule has 1 aliphatic heterocycles. The van der Waals surface area contributed by atoms with Crippen LogP contribution in [0.1, 0.15) is 66.4 Å². The van der Waals surface area contributed by atoms with Crippen LogP contribution in [0, 0.1) is 29.1 Å². The second-order valence-corrected chi connectivity index (χ2v) is 12.9. The summed E-state index contributed by atoms with van der Waals surface area (Å²) in [5.41, 5.74) is -1.22. The number of benzene rings is 1. The molecule has 1 spiro atoms. The molecule has 8 nitrogen and oxygen atoms in total. The fraction of sp³-hybridized carbons (Fsp3) is 0.625. The van der Waals surface area contributed by atoms with Crippen molar-refractivity contribution in [1.82, 2.24) is 0 Å². The number of carbonyl (C=O) groups excluding carboxylic acids is 4. The molecule has 3 aliphatic carbocycles. The molecule has 0 radical (unpaired) electrons. The van der Waals surface area contributed by atoms with E-state index < -0.39 is 47.2 Å². The summed E-state index contributed by atoms with van der Waals surface area (Å²) in [5.74, 6) is -2.72. The average molecular weight is 553 g/mol. The molecule has 1 heterocycles. The smallest absolute Gasteiger partial charge is 0.310 e. The van der Waals surface area contributed by atoms with E-state index in [1.165, 1.54) is 13.8 Å². The fourth-order valence-corrected chi connectivity index (χ4v) is 7.55. The summed E-state index contributed by atoms with van der Waals surface area (Å²) in [6, 6.07) is 9.25. The topological polar surface area (TPSA) is 108 Å². The SMILES string of the molecule is CC(=O)O[C@H]1[C@H]2[C@@H](OC(=O)Cc3ccccc3)[C@@H](C)C[C@]2(OC(C)=O)C(=O)C(C)=C[C@@H]2[C@H](CC[C@@]13CO3)C2(C)C. The average Bonchev–Trinajstić information content (AvgIpc) is 3.73. The third-order valence-electron chi connectivity index (χ3n) is 9.71. The van der Waals surface area contributed by atoms with Gasteiger partial charge in [-0.05, 0) is 54.1 Å². The highest BCUT2D eigenvalue weighted by molar-refractivity contribution is 6.03. The number of epoxide rings is 1. The van der Waals surface area contributed by atoms with Crippen molar-refractivity contribution in [3.8, 4) is 0 Å². The summed E-state index contributed by atoms with van der Waals surface area (Å²) in [4.78, 5) is 52.9. The highest BCUT2D eigenvalue weighted by Gasteiger charge is 2.71. The highest BCUT2D eigenvalue weighted by atomic mass is 16.6. The van der Waals surface area contributed by atoms with Gasteiger partial charge in [-0.2, -0.15) is 0 Å². The molecule has 216 valence electrons. The lowest BCUT2D eigenvalue weighted by Gasteiger charge is -2.41. The number of hydrogen-bond acceptors (Lipinski definition) is 8. The second kappa shape index (κ2) is 10.1. The molecule has 40 heavy (non-hydrogen) atoms. The van der Waals surface area contributed by atoms with Crippen molar-refractivity contribution in [3.63, 3.8) is 0 Å². The van der Waals surface area contributed by atoms with Gasteiger partial charge < -0.3 is 18.9 Å². The van der Waals surface area contributed by atoms with E-state index in [4.69, 9.17) is 18.9 Å². The summed E-state index contributed by atoms with van der Waals surface area (Å²) in [5, 5.41) is 0. The number of carbonyl (C=O) groups is 4. The maximum absolute atomic E-state index is 14.5. The number of Topliss-reactive ketones (excluding diaryl/α,β-unsaturated/α-hetero) is 1. The third kappa shape index (κ3) is 5.00. The highest BCUT2D eigenvalue weighted by Crippen LogP contribution is 2.64. The van der Waals surface area contributed by atoms with Gasteiger partial charge in [0, 0.05) is 20.3 Å². The first-order valence-corrected chi connectivity index (χ1v) is 14.3. The van der Waals surface area contributed by atoms with Crippen molar-refractivity contribution in [2.75, 3.05) is 6.61 Å². The number of ketones is 1. The first-order valence-electron chi connectivity index (χ1n) is 14.3. The van der Waals surface area contributed by atoms with Crippen LogP contribution in [0.3, 0.4) is 0 Å². The quantitative estimate of drug-likeness (QED) is 0.301.